The highest BCUT2D eigenvalue weighted by Gasteiger charge is 2.36. The van der Waals surface area contributed by atoms with Crippen molar-refractivity contribution >= 4 is 28.2 Å². The Labute approximate surface area is 119 Å². The third-order valence-corrected chi connectivity index (χ3v) is 4.08. The molecule has 0 aromatic carbocycles. The van der Waals surface area contributed by atoms with E-state index in [2.05, 4.69) is 0 Å². The van der Waals surface area contributed by atoms with Gasteiger partial charge >= 0.3 is 11.0 Å². The smallest absolute Gasteiger partial charge is 0.328 e. The molecule has 1 unspecified atom stereocenters. The lowest BCUT2D eigenvalue weighted by atomic mass is 10.2. The normalized spacial score (nSPS) is 18.1. The summed E-state index contributed by atoms with van der Waals surface area (Å²) in [5.41, 5.74) is 0. The molecule has 8 heteroatoms. The summed E-state index contributed by atoms with van der Waals surface area (Å²) >= 11 is 0.821. The molecule has 1 aliphatic heterocycles. The van der Waals surface area contributed by atoms with Crippen LogP contribution in [0, 0.1) is 10.1 Å². The largest absolute Gasteiger partial charge is 0.464 e. The summed E-state index contributed by atoms with van der Waals surface area (Å²) in [6.07, 6.45) is 1.29. The highest BCUT2D eigenvalue weighted by Crippen LogP contribution is 2.28. The van der Waals surface area contributed by atoms with Gasteiger partial charge in [-0.2, -0.15) is 0 Å². The average Bonchev–Trinajstić information content (AvgIpc) is 3.07. The third kappa shape index (κ3) is 2.79. The summed E-state index contributed by atoms with van der Waals surface area (Å²) in [7, 11) is 0. The number of ether oxygens (including phenoxy) is 1. The standard InChI is InChI=1S/C12H14N2O5S/c1-2-19-12(16)8-4-3-7-13(8)11(15)9-5-6-10(20-9)14(17)18/h5-6,8H,2-4,7H2,1H3. The first-order valence-corrected chi connectivity index (χ1v) is 7.08. The Balaban J connectivity index is 2.14. The van der Waals surface area contributed by atoms with Gasteiger partial charge in [0.15, 0.2) is 0 Å². The van der Waals surface area contributed by atoms with E-state index in [-0.39, 0.29) is 22.4 Å². The van der Waals surface area contributed by atoms with Crippen molar-refractivity contribution in [3.05, 3.63) is 27.1 Å². The molecule has 1 aromatic rings. The summed E-state index contributed by atoms with van der Waals surface area (Å²) < 4.78 is 4.95. The van der Waals surface area contributed by atoms with Crippen LogP contribution in [0.3, 0.4) is 0 Å². The van der Waals surface area contributed by atoms with E-state index in [4.69, 9.17) is 4.74 Å². The van der Waals surface area contributed by atoms with E-state index in [9.17, 15) is 19.7 Å². The van der Waals surface area contributed by atoms with Crippen molar-refractivity contribution in [3.63, 3.8) is 0 Å². The Morgan fingerprint density at radius 2 is 2.30 bits per heavy atom. The van der Waals surface area contributed by atoms with E-state index >= 15 is 0 Å². The molecule has 0 saturated carbocycles. The summed E-state index contributed by atoms with van der Waals surface area (Å²) in [4.78, 5) is 35.9. The molecule has 0 spiro atoms. The number of hydrogen-bond donors (Lipinski definition) is 0. The molecule has 0 radical (unpaired) electrons. The number of thiophene rings is 1. The fourth-order valence-electron chi connectivity index (χ4n) is 2.18. The molecule has 2 rings (SSSR count). The number of likely N-dealkylation sites (tertiary alicyclic amines) is 1. The van der Waals surface area contributed by atoms with Crippen LogP contribution in [0.15, 0.2) is 12.1 Å². The first-order chi connectivity index (χ1) is 9.54. The van der Waals surface area contributed by atoms with E-state index in [1.807, 2.05) is 0 Å². The van der Waals surface area contributed by atoms with Gasteiger partial charge in [-0.15, -0.1) is 0 Å². The minimum absolute atomic E-state index is 0.0831. The number of esters is 1. The zero-order chi connectivity index (χ0) is 14.7. The van der Waals surface area contributed by atoms with Crippen molar-refractivity contribution < 1.29 is 19.2 Å². The fourth-order valence-corrected chi connectivity index (χ4v) is 2.95. The van der Waals surface area contributed by atoms with Crippen LogP contribution in [-0.4, -0.2) is 40.9 Å². The second-order valence-corrected chi connectivity index (χ2v) is 5.37. The van der Waals surface area contributed by atoms with E-state index < -0.39 is 16.9 Å². The maximum Gasteiger partial charge on any atom is 0.328 e. The van der Waals surface area contributed by atoms with Crippen LogP contribution in [0.5, 0.6) is 0 Å². The highest BCUT2D eigenvalue weighted by molar-refractivity contribution is 7.17. The molecule has 1 aromatic heterocycles. The SMILES string of the molecule is CCOC(=O)C1CCCN1C(=O)c1ccc([N+](=O)[O-])s1. The molecule has 1 aliphatic rings. The van der Waals surface area contributed by atoms with Crippen LogP contribution < -0.4 is 0 Å². The minimum atomic E-state index is -0.580. The van der Waals surface area contributed by atoms with Crippen LogP contribution in [0.2, 0.25) is 0 Å². The van der Waals surface area contributed by atoms with Gasteiger partial charge in [-0.05, 0) is 25.8 Å². The Kier molecular flexibility index (Phi) is 4.33. The summed E-state index contributed by atoms with van der Waals surface area (Å²) in [6.45, 7) is 2.44. The molecule has 20 heavy (non-hydrogen) atoms. The Morgan fingerprint density at radius 3 is 2.90 bits per heavy atom. The minimum Gasteiger partial charge on any atom is -0.464 e. The van der Waals surface area contributed by atoms with Crippen molar-refractivity contribution in [3.8, 4) is 0 Å². The summed E-state index contributed by atoms with van der Waals surface area (Å²) in [5.74, 6) is -0.761. The Morgan fingerprint density at radius 1 is 1.55 bits per heavy atom. The van der Waals surface area contributed by atoms with Crippen molar-refractivity contribution in [1.82, 2.24) is 4.90 Å². The molecule has 2 heterocycles. The maximum atomic E-state index is 12.3. The number of hydrogen-bond acceptors (Lipinski definition) is 6. The molecule has 1 fully saturated rings. The van der Waals surface area contributed by atoms with E-state index in [0.29, 0.717) is 13.0 Å². The van der Waals surface area contributed by atoms with E-state index in [1.54, 1.807) is 6.92 Å². The van der Waals surface area contributed by atoms with Gasteiger partial charge in [0, 0.05) is 12.6 Å². The molecular weight excluding hydrogens is 284 g/mol. The molecular formula is C12H14N2O5S. The molecule has 108 valence electrons. The van der Waals surface area contributed by atoms with Gasteiger partial charge in [0.05, 0.1) is 16.4 Å². The Hall–Kier alpha value is -1.96. The molecule has 0 aliphatic carbocycles. The lowest BCUT2D eigenvalue weighted by Gasteiger charge is -2.22. The van der Waals surface area contributed by atoms with Gasteiger partial charge in [0.25, 0.3) is 5.91 Å². The van der Waals surface area contributed by atoms with Gasteiger partial charge in [0.1, 0.15) is 6.04 Å². The third-order valence-electron chi connectivity index (χ3n) is 3.05. The molecule has 1 atom stereocenters. The number of carbonyl (C=O) groups excluding carboxylic acids is 2. The van der Waals surface area contributed by atoms with Crippen LogP contribution in [-0.2, 0) is 9.53 Å². The Bertz CT molecular complexity index is 542. The van der Waals surface area contributed by atoms with Gasteiger partial charge in [-0.3, -0.25) is 14.9 Å². The van der Waals surface area contributed by atoms with Crippen molar-refractivity contribution in [2.45, 2.75) is 25.8 Å². The van der Waals surface area contributed by atoms with E-state index in [1.165, 1.54) is 17.0 Å². The molecule has 7 nitrogen and oxygen atoms in total. The maximum absolute atomic E-state index is 12.3. The second kappa shape index (κ2) is 6.00. The van der Waals surface area contributed by atoms with Gasteiger partial charge in [-0.1, -0.05) is 11.3 Å². The number of nitro groups is 1. The lowest BCUT2D eigenvalue weighted by Crippen LogP contribution is -2.41. The molecule has 1 amide bonds. The average molecular weight is 298 g/mol. The van der Waals surface area contributed by atoms with Crippen LogP contribution in [0.4, 0.5) is 5.00 Å². The molecule has 0 N–H and O–H groups in total. The van der Waals surface area contributed by atoms with Crippen molar-refractivity contribution in [1.29, 1.82) is 0 Å². The number of amides is 1. The molecule has 0 bridgehead atoms. The van der Waals surface area contributed by atoms with Gasteiger partial charge < -0.3 is 9.64 Å². The predicted octanol–water partition coefficient (Wildman–Crippen LogP) is 1.82. The number of rotatable bonds is 4. The first kappa shape index (κ1) is 14.4. The summed E-state index contributed by atoms with van der Waals surface area (Å²) in [6, 6.07) is 2.14. The zero-order valence-corrected chi connectivity index (χ0v) is 11.7. The number of nitrogens with zero attached hydrogens (tertiary/aromatic N) is 2. The topological polar surface area (TPSA) is 89.8 Å². The van der Waals surface area contributed by atoms with Crippen LogP contribution >= 0.6 is 11.3 Å². The van der Waals surface area contributed by atoms with Crippen LogP contribution in [0.1, 0.15) is 29.4 Å². The summed E-state index contributed by atoms with van der Waals surface area (Å²) in [5, 5.41) is 10.5. The zero-order valence-electron chi connectivity index (χ0n) is 10.9. The monoisotopic (exact) mass is 298 g/mol. The lowest BCUT2D eigenvalue weighted by molar-refractivity contribution is -0.380. The number of carbonyl (C=O) groups is 2. The van der Waals surface area contributed by atoms with E-state index in [0.717, 1.165) is 17.8 Å². The fraction of sp³-hybridized carbons (Fsp3) is 0.500. The van der Waals surface area contributed by atoms with Crippen molar-refractivity contribution in [2.24, 2.45) is 0 Å². The first-order valence-electron chi connectivity index (χ1n) is 6.26. The second-order valence-electron chi connectivity index (χ2n) is 4.30. The van der Waals surface area contributed by atoms with Crippen molar-refractivity contribution in [2.75, 3.05) is 13.2 Å². The molecule has 1 saturated heterocycles. The van der Waals surface area contributed by atoms with Gasteiger partial charge in [-0.25, -0.2) is 4.79 Å². The predicted molar refractivity (Wildman–Crippen MR) is 71.7 cm³/mol. The van der Waals surface area contributed by atoms with Gasteiger partial charge in [0.2, 0.25) is 0 Å². The highest BCUT2D eigenvalue weighted by atomic mass is 32.1. The van der Waals surface area contributed by atoms with Crippen LogP contribution in [0.25, 0.3) is 0 Å². The quantitative estimate of drug-likeness (QED) is 0.480.